The maximum atomic E-state index is 12.6. The van der Waals surface area contributed by atoms with E-state index in [1.807, 2.05) is 26.8 Å². The fourth-order valence-electron chi connectivity index (χ4n) is 2.24. The molecule has 1 aliphatic rings. The van der Waals surface area contributed by atoms with Crippen molar-refractivity contribution in [3.8, 4) is 0 Å². The van der Waals surface area contributed by atoms with Crippen molar-refractivity contribution in [2.75, 3.05) is 6.54 Å². The van der Waals surface area contributed by atoms with Gasteiger partial charge in [0.25, 0.3) is 0 Å². The first-order valence-corrected chi connectivity index (χ1v) is 7.07. The molecule has 112 valence electrons. The van der Waals surface area contributed by atoms with Crippen LogP contribution in [0.15, 0.2) is 30.3 Å². The van der Waals surface area contributed by atoms with Gasteiger partial charge in [-0.1, -0.05) is 51.1 Å². The van der Waals surface area contributed by atoms with Gasteiger partial charge >= 0.3 is 6.03 Å². The van der Waals surface area contributed by atoms with Crippen molar-refractivity contribution in [3.05, 3.63) is 35.9 Å². The highest BCUT2D eigenvalue weighted by molar-refractivity contribution is 6.19. The lowest BCUT2D eigenvalue weighted by Gasteiger charge is -2.35. The zero-order chi connectivity index (χ0) is 15.6. The number of carbonyl (C=O) groups excluding carboxylic acids is 3. The van der Waals surface area contributed by atoms with E-state index < -0.39 is 23.8 Å². The summed E-state index contributed by atoms with van der Waals surface area (Å²) in [6.45, 7) is 6.28. The van der Waals surface area contributed by atoms with E-state index in [1.54, 1.807) is 24.3 Å². The quantitative estimate of drug-likeness (QED) is 0.864. The molecule has 5 nitrogen and oxygen atoms in total. The van der Waals surface area contributed by atoms with Crippen molar-refractivity contribution in [3.63, 3.8) is 0 Å². The first kappa shape index (κ1) is 15.2. The number of rotatable bonds is 4. The normalized spacial score (nSPS) is 19.7. The van der Waals surface area contributed by atoms with Crippen LogP contribution in [0, 0.1) is 5.41 Å². The lowest BCUT2D eigenvalue weighted by molar-refractivity contribution is -0.139. The molecule has 4 amide bonds. The van der Waals surface area contributed by atoms with Gasteiger partial charge in [0.15, 0.2) is 0 Å². The molecule has 21 heavy (non-hydrogen) atoms. The number of nitrogens with zero attached hydrogens (tertiary/aromatic N) is 1. The van der Waals surface area contributed by atoms with E-state index in [0.717, 1.165) is 11.3 Å². The van der Waals surface area contributed by atoms with Gasteiger partial charge in [-0.15, -0.1) is 0 Å². The van der Waals surface area contributed by atoms with E-state index in [0.29, 0.717) is 12.1 Å². The Bertz CT molecular complexity index is 566. The maximum Gasteiger partial charge on any atom is 0.330 e. The number of hydrogen-bond acceptors (Lipinski definition) is 3. The molecule has 0 bridgehead atoms. The second-order valence-corrected chi connectivity index (χ2v) is 6.08. The smallest absolute Gasteiger partial charge is 0.277 e. The molecule has 0 saturated carbocycles. The number of nitrogens with one attached hydrogen (secondary N) is 1. The summed E-state index contributed by atoms with van der Waals surface area (Å²) >= 11 is 0. The number of amides is 4. The fraction of sp³-hybridized carbons (Fsp3) is 0.438. The van der Waals surface area contributed by atoms with Crippen molar-refractivity contribution >= 4 is 17.8 Å². The van der Waals surface area contributed by atoms with Crippen molar-refractivity contribution in [2.45, 2.75) is 33.1 Å². The Labute approximate surface area is 124 Å². The molecule has 1 heterocycles. The number of carbonyl (C=O) groups is 3. The summed E-state index contributed by atoms with van der Waals surface area (Å²) in [6, 6.07) is 8.18. The van der Waals surface area contributed by atoms with Crippen molar-refractivity contribution in [1.82, 2.24) is 10.2 Å². The summed E-state index contributed by atoms with van der Waals surface area (Å²) in [5.74, 6) is -1.95. The van der Waals surface area contributed by atoms with Crippen LogP contribution in [0.3, 0.4) is 0 Å². The van der Waals surface area contributed by atoms with Crippen LogP contribution in [-0.4, -0.2) is 29.3 Å². The molecule has 0 aromatic heterocycles. The lowest BCUT2D eigenvalue weighted by atomic mass is 9.88. The zero-order valence-corrected chi connectivity index (χ0v) is 12.6. The lowest BCUT2D eigenvalue weighted by Crippen LogP contribution is -2.58. The molecular formula is C16H20N2O3. The summed E-state index contributed by atoms with van der Waals surface area (Å²) in [6.07, 6.45) is 0.827. The van der Waals surface area contributed by atoms with Crippen molar-refractivity contribution < 1.29 is 14.4 Å². The largest absolute Gasteiger partial charge is 0.330 e. The van der Waals surface area contributed by atoms with Gasteiger partial charge < -0.3 is 0 Å². The Kier molecular flexibility index (Phi) is 4.11. The Morgan fingerprint density at radius 2 is 1.76 bits per heavy atom. The average molecular weight is 288 g/mol. The summed E-state index contributed by atoms with van der Waals surface area (Å²) in [5.41, 5.74) is 0.418. The number of hydrogen-bond donors (Lipinski definition) is 1. The minimum absolute atomic E-state index is 0.186. The SMILES string of the molecule is CCC(C)(C)CN1C(=O)NC(=O)C(c2ccccc2)C1=O. The first-order valence-electron chi connectivity index (χ1n) is 7.07. The van der Waals surface area contributed by atoms with E-state index in [1.165, 1.54) is 0 Å². The minimum Gasteiger partial charge on any atom is -0.277 e. The maximum absolute atomic E-state index is 12.6. The number of barbiturate groups is 1. The van der Waals surface area contributed by atoms with Gasteiger partial charge in [0.2, 0.25) is 11.8 Å². The molecule has 0 aliphatic carbocycles. The van der Waals surface area contributed by atoms with E-state index in [2.05, 4.69) is 5.32 Å². The second-order valence-electron chi connectivity index (χ2n) is 6.08. The third kappa shape index (κ3) is 3.12. The third-order valence-electron chi connectivity index (χ3n) is 3.93. The van der Waals surface area contributed by atoms with Crippen molar-refractivity contribution in [2.24, 2.45) is 5.41 Å². The van der Waals surface area contributed by atoms with Gasteiger partial charge in [0, 0.05) is 6.54 Å². The monoisotopic (exact) mass is 288 g/mol. The third-order valence-corrected chi connectivity index (χ3v) is 3.93. The van der Waals surface area contributed by atoms with Gasteiger partial charge in [-0.3, -0.25) is 19.8 Å². The predicted molar refractivity (Wildman–Crippen MR) is 78.5 cm³/mol. The van der Waals surface area contributed by atoms with Gasteiger partial charge in [0.05, 0.1) is 0 Å². The topological polar surface area (TPSA) is 66.5 Å². The van der Waals surface area contributed by atoms with Crippen LogP contribution in [0.5, 0.6) is 0 Å². The molecule has 1 N–H and O–H groups in total. The Balaban J connectivity index is 2.30. The van der Waals surface area contributed by atoms with Crippen LogP contribution in [0.25, 0.3) is 0 Å². The zero-order valence-electron chi connectivity index (χ0n) is 12.6. The molecule has 1 aliphatic heterocycles. The highest BCUT2D eigenvalue weighted by Crippen LogP contribution is 2.27. The van der Waals surface area contributed by atoms with Gasteiger partial charge in [0.1, 0.15) is 5.92 Å². The highest BCUT2D eigenvalue weighted by atomic mass is 16.2. The summed E-state index contributed by atoms with van der Waals surface area (Å²) in [7, 11) is 0. The van der Waals surface area contributed by atoms with Crippen LogP contribution in [-0.2, 0) is 9.59 Å². The standard InChI is InChI=1S/C16H20N2O3/c1-4-16(2,3)10-18-14(20)12(13(19)17-15(18)21)11-8-6-5-7-9-11/h5-9,12H,4,10H2,1-3H3,(H,17,19,21). The van der Waals surface area contributed by atoms with Crippen molar-refractivity contribution in [1.29, 1.82) is 0 Å². The van der Waals surface area contributed by atoms with E-state index in [9.17, 15) is 14.4 Å². The number of benzene rings is 1. The molecule has 1 saturated heterocycles. The molecule has 1 aromatic carbocycles. The number of imide groups is 2. The fourth-order valence-corrected chi connectivity index (χ4v) is 2.24. The Hall–Kier alpha value is -2.17. The Morgan fingerprint density at radius 3 is 2.33 bits per heavy atom. The van der Waals surface area contributed by atoms with E-state index in [-0.39, 0.29) is 5.41 Å². The predicted octanol–water partition coefficient (Wildman–Crippen LogP) is 2.28. The minimum atomic E-state index is -0.948. The molecule has 2 rings (SSSR count). The van der Waals surface area contributed by atoms with Gasteiger partial charge in [-0.05, 0) is 17.4 Å². The molecule has 1 atom stereocenters. The van der Waals surface area contributed by atoms with E-state index >= 15 is 0 Å². The molecular weight excluding hydrogens is 268 g/mol. The first-order chi connectivity index (χ1) is 9.85. The molecule has 5 heteroatoms. The van der Waals surface area contributed by atoms with Gasteiger partial charge in [-0.2, -0.15) is 0 Å². The number of urea groups is 1. The molecule has 0 radical (unpaired) electrons. The van der Waals surface area contributed by atoms with Gasteiger partial charge in [-0.25, -0.2) is 4.79 Å². The van der Waals surface area contributed by atoms with E-state index in [4.69, 9.17) is 0 Å². The highest BCUT2D eigenvalue weighted by Gasteiger charge is 2.42. The summed E-state index contributed by atoms with van der Waals surface area (Å²) < 4.78 is 0. The summed E-state index contributed by atoms with van der Waals surface area (Å²) in [5, 5.41) is 2.28. The van der Waals surface area contributed by atoms with Crippen LogP contribution in [0.1, 0.15) is 38.7 Å². The molecule has 0 spiro atoms. The average Bonchev–Trinajstić information content (AvgIpc) is 2.44. The molecule has 1 aromatic rings. The van der Waals surface area contributed by atoms with Crippen LogP contribution >= 0.6 is 0 Å². The van der Waals surface area contributed by atoms with Crippen LogP contribution in [0.2, 0.25) is 0 Å². The Morgan fingerprint density at radius 1 is 1.14 bits per heavy atom. The molecule has 1 fully saturated rings. The second kappa shape index (κ2) is 5.68. The summed E-state index contributed by atoms with van der Waals surface area (Å²) in [4.78, 5) is 37.7. The van der Waals surface area contributed by atoms with Crippen LogP contribution in [0.4, 0.5) is 4.79 Å². The molecule has 1 unspecified atom stereocenters. The van der Waals surface area contributed by atoms with Crippen LogP contribution < -0.4 is 5.32 Å².